The van der Waals surface area contributed by atoms with Gasteiger partial charge in [0.2, 0.25) is 0 Å². The summed E-state index contributed by atoms with van der Waals surface area (Å²) in [7, 11) is 1.88. The number of nitrogens with zero attached hydrogens (tertiary/aromatic N) is 6. The average molecular weight is 371 g/mol. The summed E-state index contributed by atoms with van der Waals surface area (Å²) >= 11 is 0. The van der Waals surface area contributed by atoms with Crippen LogP contribution >= 0.6 is 0 Å². The fourth-order valence-electron chi connectivity index (χ4n) is 4.57. The van der Waals surface area contributed by atoms with Crippen molar-refractivity contribution >= 4 is 5.91 Å². The Morgan fingerprint density at radius 2 is 1.81 bits per heavy atom. The van der Waals surface area contributed by atoms with Crippen molar-refractivity contribution in [3.63, 3.8) is 0 Å². The molecule has 146 valence electrons. The highest BCUT2D eigenvalue weighted by Gasteiger charge is 2.38. The molecule has 27 heavy (non-hydrogen) atoms. The molecule has 4 heterocycles. The third kappa shape index (κ3) is 3.28. The van der Waals surface area contributed by atoms with Gasteiger partial charge in [0.05, 0.1) is 0 Å². The number of aromatic nitrogens is 5. The molecule has 0 radical (unpaired) electrons. The second-order valence-electron chi connectivity index (χ2n) is 8.62. The van der Waals surface area contributed by atoms with Gasteiger partial charge in [-0.15, -0.1) is 10.2 Å². The normalized spacial score (nSPS) is 19.4. The molecular formula is C20H30N6O. The summed E-state index contributed by atoms with van der Waals surface area (Å²) < 4.78 is 4.11. The molecule has 1 saturated heterocycles. The molecule has 7 nitrogen and oxygen atoms in total. The predicted molar refractivity (Wildman–Crippen MR) is 103 cm³/mol. The number of amides is 1. The van der Waals surface area contributed by atoms with Crippen molar-refractivity contribution in [3.05, 3.63) is 29.1 Å². The fourth-order valence-corrected chi connectivity index (χ4v) is 4.57. The van der Waals surface area contributed by atoms with Crippen LogP contribution < -0.4 is 0 Å². The van der Waals surface area contributed by atoms with Crippen LogP contribution in [0.1, 0.15) is 73.3 Å². The molecule has 1 spiro atoms. The van der Waals surface area contributed by atoms with E-state index < -0.39 is 0 Å². The number of rotatable bonds is 2. The Hall–Kier alpha value is -2.18. The molecule has 2 aromatic heterocycles. The first-order valence-corrected chi connectivity index (χ1v) is 10.1. The van der Waals surface area contributed by atoms with Crippen molar-refractivity contribution in [2.75, 3.05) is 13.1 Å². The van der Waals surface area contributed by atoms with Gasteiger partial charge >= 0.3 is 0 Å². The number of carbonyl (C=O) groups excluding carboxylic acids is 1. The Kier molecular flexibility index (Phi) is 4.56. The predicted octanol–water partition coefficient (Wildman–Crippen LogP) is 2.70. The maximum Gasteiger partial charge on any atom is 0.274 e. The third-order valence-electron chi connectivity index (χ3n) is 6.56. The van der Waals surface area contributed by atoms with Gasteiger partial charge in [0.1, 0.15) is 11.6 Å². The summed E-state index contributed by atoms with van der Waals surface area (Å²) in [6.45, 7) is 8.99. The van der Waals surface area contributed by atoms with Crippen LogP contribution in [0.5, 0.6) is 0 Å². The second-order valence-corrected chi connectivity index (χ2v) is 8.62. The molecule has 1 amide bonds. The summed E-state index contributed by atoms with van der Waals surface area (Å²) in [5, 5.41) is 13.2. The first kappa shape index (κ1) is 18.2. The second kappa shape index (κ2) is 6.77. The molecule has 0 saturated carbocycles. The van der Waals surface area contributed by atoms with E-state index in [0.29, 0.717) is 17.0 Å². The molecule has 2 aromatic rings. The first-order chi connectivity index (χ1) is 12.9. The lowest BCUT2D eigenvalue weighted by Gasteiger charge is -2.41. The number of hydrogen-bond donors (Lipinski definition) is 0. The summed E-state index contributed by atoms with van der Waals surface area (Å²) in [4.78, 5) is 14.8. The van der Waals surface area contributed by atoms with Crippen LogP contribution in [-0.2, 0) is 20.0 Å². The SMILES string of the molecule is Cc1cc(C(=O)N2CCC3(CCc4nnc(C(C)C)n4CC3)CC2)nn1C. The zero-order valence-corrected chi connectivity index (χ0v) is 16.9. The van der Waals surface area contributed by atoms with Crippen molar-refractivity contribution in [2.45, 2.75) is 65.3 Å². The quantitative estimate of drug-likeness (QED) is 0.815. The van der Waals surface area contributed by atoms with Crippen LogP contribution in [-0.4, -0.2) is 48.4 Å². The largest absolute Gasteiger partial charge is 0.337 e. The maximum atomic E-state index is 12.8. The number of carbonyl (C=O) groups is 1. The standard InChI is InChI=1S/C20H30N6O/c1-14(2)18-22-21-17-5-6-20(9-12-26(17)18)7-10-25(11-8-20)19(27)16-13-15(3)24(4)23-16/h13-14H,5-12H2,1-4H3. The van der Waals surface area contributed by atoms with E-state index >= 15 is 0 Å². The van der Waals surface area contributed by atoms with Gasteiger partial charge in [0.25, 0.3) is 5.91 Å². The summed E-state index contributed by atoms with van der Waals surface area (Å²) in [5.74, 6) is 2.72. The minimum absolute atomic E-state index is 0.0707. The van der Waals surface area contributed by atoms with E-state index in [0.717, 1.165) is 69.1 Å². The third-order valence-corrected chi connectivity index (χ3v) is 6.56. The molecule has 1 fully saturated rings. The van der Waals surface area contributed by atoms with Crippen LogP contribution in [0.4, 0.5) is 0 Å². The smallest absolute Gasteiger partial charge is 0.274 e. The zero-order chi connectivity index (χ0) is 19.2. The summed E-state index contributed by atoms with van der Waals surface area (Å²) in [5.41, 5.74) is 1.91. The van der Waals surface area contributed by atoms with E-state index in [1.165, 1.54) is 0 Å². The molecule has 0 atom stereocenters. The lowest BCUT2D eigenvalue weighted by molar-refractivity contribution is 0.0529. The van der Waals surface area contributed by atoms with Gasteiger partial charge in [-0.25, -0.2) is 0 Å². The Bertz CT molecular complexity index is 821. The van der Waals surface area contributed by atoms with E-state index in [4.69, 9.17) is 0 Å². The maximum absolute atomic E-state index is 12.8. The topological polar surface area (TPSA) is 68.8 Å². The van der Waals surface area contributed by atoms with Gasteiger partial charge in [-0.05, 0) is 44.1 Å². The number of likely N-dealkylation sites (tertiary alicyclic amines) is 1. The molecular weight excluding hydrogens is 340 g/mol. The van der Waals surface area contributed by atoms with Gasteiger partial charge in [-0.2, -0.15) is 5.10 Å². The van der Waals surface area contributed by atoms with Crippen molar-refractivity contribution < 1.29 is 4.79 Å². The summed E-state index contributed by atoms with van der Waals surface area (Å²) in [6, 6.07) is 1.89. The Morgan fingerprint density at radius 3 is 2.44 bits per heavy atom. The van der Waals surface area contributed by atoms with Crippen LogP contribution in [0.15, 0.2) is 6.07 Å². The molecule has 4 rings (SSSR count). The van der Waals surface area contributed by atoms with E-state index in [1.54, 1.807) is 4.68 Å². The van der Waals surface area contributed by atoms with Gasteiger partial charge in [-0.3, -0.25) is 9.48 Å². The molecule has 2 aliphatic heterocycles. The molecule has 7 heteroatoms. The Labute approximate surface area is 160 Å². The lowest BCUT2D eigenvalue weighted by atomic mass is 9.72. The number of hydrogen-bond acceptors (Lipinski definition) is 4. The minimum Gasteiger partial charge on any atom is -0.337 e. The van der Waals surface area contributed by atoms with Crippen molar-refractivity contribution in [2.24, 2.45) is 12.5 Å². The highest BCUT2D eigenvalue weighted by atomic mass is 16.2. The highest BCUT2D eigenvalue weighted by Crippen LogP contribution is 2.42. The Morgan fingerprint density at radius 1 is 1.11 bits per heavy atom. The van der Waals surface area contributed by atoms with Crippen LogP contribution in [0.3, 0.4) is 0 Å². The van der Waals surface area contributed by atoms with Crippen molar-refractivity contribution in [1.82, 2.24) is 29.4 Å². The van der Waals surface area contributed by atoms with Gasteiger partial charge < -0.3 is 9.47 Å². The first-order valence-electron chi connectivity index (χ1n) is 10.1. The van der Waals surface area contributed by atoms with Crippen molar-refractivity contribution in [3.8, 4) is 0 Å². The summed E-state index contributed by atoms with van der Waals surface area (Å²) in [6.07, 6.45) is 5.43. The molecule has 0 aliphatic carbocycles. The van der Waals surface area contributed by atoms with E-state index in [-0.39, 0.29) is 5.91 Å². The van der Waals surface area contributed by atoms with Gasteiger partial charge in [-0.1, -0.05) is 13.8 Å². The van der Waals surface area contributed by atoms with Gasteiger partial charge in [0.15, 0.2) is 5.69 Å². The lowest BCUT2D eigenvalue weighted by Crippen LogP contribution is -2.43. The average Bonchev–Trinajstić information content (AvgIpc) is 3.17. The Balaban J connectivity index is 1.42. The number of aryl methyl sites for hydroxylation is 3. The molecule has 0 N–H and O–H groups in total. The van der Waals surface area contributed by atoms with Crippen LogP contribution in [0.2, 0.25) is 0 Å². The highest BCUT2D eigenvalue weighted by molar-refractivity contribution is 5.92. The minimum atomic E-state index is 0.0707. The fraction of sp³-hybridized carbons (Fsp3) is 0.700. The monoisotopic (exact) mass is 370 g/mol. The number of piperidine rings is 1. The molecule has 2 aliphatic rings. The zero-order valence-electron chi connectivity index (χ0n) is 16.9. The van der Waals surface area contributed by atoms with Gasteiger partial charge in [0, 0.05) is 44.7 Å². The van der Waals surface area contributed by atoms with E-state index in [2.05, 4.69) is 33.7 Å². The van der Waals surface area contributed by atoms with E-state index in [9.17, 15) is 4.79 Å². The molecule has 0 bridgehead atoms. The molecule has 0 unspecified atom stereocenters. The van der Waals surface area contributed by atoms with Crippen molar-refractivity contribution in [1.29, 1.82) is 0 Å². The van der Waals surface area contributed by atoms with E-state index in [1.807, 2.05) is 24.9 Å². The van der Waals surface area contributed by atoms with Crippen LogP contribution in [0, 0.1) is 12.3 Å². The molecule has 0 aromatic carbocycles. The number of fused-ring (bicyclic) bond motifs is 1. The van der Waals surface area contributed by atoms with Crippen LogP contribution in [0.25, 0.3) is 0 Å².